The Balaban J connectivity index is 1.43. The van der Waals surface area contributed by atoms with Crippen LogP contribution in [0.15, 0.2) is 30.5 Å². The molecule has 0 aromatic carbocycles. The van der Waals surface area contributed by atoms with Crippen molar-refractivity contribution < 1.29 is 9.53 Å². The number of methoxy groups -OCH3 is 1. The first-order valence-electron chi connectivity index (χ1n) is 10.1. The highest BCUT2D eigenvalue weighted by molar-refractivity contribution is 5.98. The Hall–Kier alpha value is -2.47. The summed E-state index contributed by atoms with van der Waals surface area (Å²) < 4.78 is 5.51. The average molecular weight is 380 g/mol. The van der Waals surface area contributed by atoms with Gasteiger partial charge in [0.2, 0.25) is 5.88 Å². The van der Waals surface area contributed by atoms with Crippen LogP contribution >= 0.6 is 0 Å². The first-order valence-corrected chi connectivity index (χ1v) is 10.1. The minimum Gasteiger partial charge on any atom is -0.481 e. The molecule has 1 N–H and O–H groups in total. The Bertz CT molecular complexity index is 836. The van der Waals surface area contributed by atoms with Crippen LogP contribution in [0.3, 0.4) is 0 Å². The van der Waals surface area contributed by atoms with Gasteiger partial charge in [0.25, 0.3) is 5.91 Å². The highest BCUT2D eigenvalue weighted by Gasteiger charge is 2.30. The lowest BCUT2D eigenvalue weighted by Gasteiger charge is -2.32. The van der Waals surface area contributed by atoms with Crippen molar-refractivity contribution in [3.8, 4) is 5.88 Å². The Labute approximate surface area is 166 Å². The van der Waals surface area contributed by atoms with E-state index in [-0.39, 0.29) is 5.91 Å². The molecule has 6 nitrogen and oxygen atoms in total. The number of hydrogen-bond donors (Lipinski definition) is 1. The summed E-state index contributed by atoms with van der Waals surface area (Å²) in [5.74, 6) is 1.43. The summed E-state index contributed by atoms with van der Waals surface area (Å²) in [5, 5.41) is 3.59. The molecule has 1 saturated carbocycles. The van der Waals surface area contributed by atoms with E-state index in [1.54, 1.807) is 13.3 Å². The second kappa shape index (κ2) is 8.27. The van der Waals surface area contributed by atoms with Gasteiger partial charge in [-0.1, -0.05) is 12.5 Å². The summed E-state index contributed by atoms with van der Waals surface area (Å²) in [7, 11) is 1.64. The highest BCUT2D eigenvalue weighted by atomic mass is 16.5. The highest BCUT2D eigenvalue weighted by Crippen LogP contribution is 2.30. The van der Waals surface area contributed by atoms with Crippen molar-refractivity contribution in [3.63, 3.8) is 0 Å². The average Bonchev–Trinajstić information content (AvgIpc) is 2.98. The van der Waals surface area contributed by atoms with Gasteiger partial charge in [0, 0.05) is 43.0 Å². The van der Waals surface area contributed by atoms with Crippen LogP contribution in [0.4, 0.5) is 0 Å². The standard InChI is InChI=1S/C22H28N4O2/c1-15(16-6-5-7-16)24-13-17-12-19-20(25-21(17)28-2)14-26(22(19)27)11-9-18-8-3-4-10-23-18/h3-4,8,10,12,15-16,24H,5-7,9,11,13-14H2,1-2H3/t15-/m1/s1. The van der Waals surface area contributed by atoms with Crippen molar-refractivity contribution in [1.82, 2.24) is 20.2 Å². The molecule has 0 saturated heterocycles. The molecule has 6 heteroatoms. The van der Waals surface area contributed by atoms with Gasteiger partial charge in [-0.15, -0.1) is 0 Å². The minimum absolute atomic E-state index is 0.0503. The van der Waals surface area contributed by atoms with Gasteiger partial charge in [0.05, 0.1) is 24.9 Å². The Kier molecular flexibility index (Phi) is 5.57. The predicted molar refractivity (Wildman–Crippen MR) is 107 cm³/mol. The monoisotopic (exact) mass is 380 g/mol. The van der Waals surface area contributed by atoms with Crippen LogP contribution in [0.1, 0.15) is 53.5 Å². The lowest BCUT2D eigenvalue weighted by molar-refractivity contribution is 0.0779. The van der Waals surface area contributed by atoms with Crippen molar-refractivity contribution >= 4 is 5.91 Å². The maximum Gasteiger partial charge on any atom is 0.256 e. The normalized spacial score (nSPS) is 17.4. The van der Waals surface area contributed by atoms with E-state index in [2.05, 4.69) is 22.2 Å². The molecule has 1 aliphatic carbocycles. The zero-order valence-electron chi connectivity index (χ0n) is 16.6. The first kappa shape index (κ1) is 18.9. The van der Waals surface area contributed by atoms with Crippen molar-refractivity contribution in [3.05, 3.63) is 53.0 Å². The van der Waals surface area contributed by atoms with Crippen LogP contribution in [0, 0.1) is 5.92 Å². The molecule has 1 fully saturated rings. The number of ether oxygens (including phenoxy) is 1. The summed E-state index contributed by atoms with van der Waals surface area (Å²) in [6.07, 6.45) is 6.47. The number of aromatic nitrogens is 2. The van der Waals surface area contributed by atoms with Gasteiger partial charge in [-0.3, -0.25) is 9.78 Å². The number of rotatable bonds is 8. The maximum absolute atomic E-state index is 12.9. The van der Waals surface area contributed by atoms with Crippen molar-refractivity contribution in [2.75, 3.05) is 13.7 Å². The lowest BCUT2D eigenvalue weighted by Crippen LogP contribution is -2.36. The third-order valence-corrected chi connectivity index (χ3v) is 6.03. The smallest absolute Gasteiger partial charge is 0.256 e. The van der Waals surface area contributed by atoms with E-state index in [1.807, 2.05) is 29.2 Å². The molecule has 1 amide bonds. The third kappa shape index (κ3) is 3.87. The summed E-state index contributed by atoms with van der Waals surface area (Å²) in [6, 6.07) is 8.29. The van der Waals surface area contributed by atoms with Gasteiger partial charge < -0.3 is 15.0 Å². The fraction of sp³-hybridized carbons (Fsp3) is 0.500. The van der Waals surface area contributed by atoms with Gasteiger partial charge in [-0.2, -0.15) is 0 Å². The third-order valence-electron chi connectivity index (χ3n) is 6.03. The fourth-order valence-electron chi connectivity index (χ4n) is 3.96. The molecular formula is C22H28N4O2. The number of carbonyl (C=O) groups is 1. The fourth-order valence-corrected chi connectivity index (χ4v) is 3.96. The largest absolute Gasteiger partial charge is 0.481 e. The predicted octanol–water partition coefficient (Wildman–Crippen LogP) is 2.96. The van der Waals surface area contributed by atoms with E-state index in [1.165, 1.54) is 19.3 Å². The van der Waals surface area contributed by atoms with Crippen LogP contribution in [0.2, 0.25) is 0 Å². The van der Waals surface area contributed by atoms with E-state index >= 15 is 0 Å². The number of pyridine rings is 2. The van der Waals surface area contributed by atoms with Gasteiger partial charge >= 0.3 is 0 Å². The molecule has 1 aliphatic heterocycles. The number of nitrogens with one attached hydrogen (secondary N) is 1. The van der Waals surface area contributed by atoms with E-state index in [9.17, 15) is 4.79 Å². The van der Waals surface area contributed by atoms with E-state index in [0.29, 0.717) is 37.1 Å². The van der Waals surface area contributed by atoms with Crippen LogP contribution in [0.25, 0.3) is 0 Å². The second-order valence-electron chi connectivity index (χ2n) is 7.81. The molecule has 148 valence electrons. The summed E-state index contributed by atoms with van der Waals surface area (Å²) in [4.78, 5) is 23.7. The zero-order chi connectivity index (χ0) is 19.5. The quantitative estimate of drug-likeness (QED) is 0.763. The molecule has 2 aromatic rings. The lowest BCUT2D eigenvalue weighted by atomic mass is 9.80. The van der Waals surface area contributed by atoms with E-state index < -0.39 is 0 Å². The molecular weight excluding hydrogens is 352 g/mol. The molecule has 28 heavy (non-hydrogen) atoms. The van der Waals surface area contributed by atoms with Gasteiger partial charge in [0.1, 0.15) is 0 Å². The van der Waals surface area contributed by atoms with Crippen molar-refractivity contribution in [2.24, 2.45) is 5.92 Å². The molecule has 0 spiro atoms. The molecule has 2 aliphatic rings. The Morgan fingerprint density at radius 2 is 2.21 bits per heavy atom. The number of nitrogens with zero attached hydrogens (tertiary/aromatic N) is 3. The second-order valence-corrected chi connectivity index (χ2v) is 7.81. The van der Waals surface area contributed by atoms with Gasteiger partial charge in [-0.05, 0) is 43.9 Å². The summed E-state index contributed by atoms with van der Waals surface area (Å²) >= 11 is 0. The summed E-state index contributed by atoms with van der Waals surface area (Å²) in [6.45, 7) is 4.08. The SMILES string of the molecule is COc1nc2c(cc1CN[C@H](C)C1CCC1)C(=O)N(CCc1ccccn1)C2. The molecule has 1 atom stereocenters. The van der Waals surface area contributed by atoms with E-state index in [0.717, 1.165) is 29.3 Å². The van der Waals surface area contributed by atoms with Crippen molar-refractivity contribution in [1.29, 1.82) is 0 Å². The van der Waals surface area contributed by atoms with E-state index in [4.69, 9.17) is 4.74 Å². The molecule has 0 unspecified atom stereocenters. The Morgan fingerprint density at radius 1 is 1.36 bits per heavy atom. The van der Waals surface area contributed by atoms with Gasteiger partial charge in [0.15, 0.2) is 0 Å². The van der Waals surface area contributed by atoms with Crippen LogP contribution < -0.4 is 10.1 Å². The topological polar surface area (TPSA) is 67.3 Å². The van der Waals surface area contributed by atoms with Gasteiger partial charge in [-0.25, -0.2) is 4.98 Å². The molecule has 3 heterocycles. The van der Waals surface area contributed by atoms with Crippen LogP contribution in [-0.2, 0) is 19.5 Å². The maximum atomic E-state index is 12.9. The molecule has 0 bridgehead atoms. The van der Waals surface area contributed by atoms with Crippen LogP contribution in [-0.4, -0.2) is 40.5 Å². The first-order chi connectivity index (χ1) is 13.7. The number of fused-ring (bicyclic) bond motifs is 1. The molecule has 4 rings (SSSR count). The number of carbonyl (C=O) groups excluding carboxylic acids is 1. The molecule has 0 radical (unpaired) electrons. The van der Waals surface area contributed by atoms with Crippen LogP contribution in [0.5, 0.6) is 5.88 Å². The van der Waals surface area contributed by atoms with Crippen molar-refractivity contribution in [2.45, 2.75) is 51.7 Å². The number of amides is 1. The Morgan fingerprint density at radius 3 is 2.89 bits per heavy atom. The molecule has 2 aromatic heterocycles. The zero-order valence-corrected chi connectivity index (χ0v) is 16.6. The minimum atomic E-state index is 0.0503. The summed E-state index contributed by atoms with van der Waals surface area (Å²) in [5.41, 5.74) is 3.45. The number of hydrogen-bond acceptors (Lipinski definition) is 5.